The second-order valence-electron chi connectivity index (χ2n) is 4.25. The van der Waals surface area contributed by atoms with Crippen LogP contribution in [0.2, 0.25) is 5.02 Å². The number of benzene rings is 2. The Kier molecular flexibility index (Phi) is 3.65. The number of hydrogen-bond donors (Lipinski definition) is 1. The van der Waals surface area contributed by atoms with E-state index in [2.05, 4.69) is 26.1 Å². The molecule has 2 aromatic carbocycles. The van der Waals surface area contributed by atoms with Crippen LogP contribution < -0.4 is 5.73 Å². The van der Waals surface area contributed by atoms with Crippen LogP contribution in [-0.4, -0.2) is 10.1 Å². The van der Waals surface area contributed by atoms with E-state index in [1.54, 1.807) is 24.3 Å². The highest BCUT2D eigenvalue weighted by Gasteiger charge is 2.17. The molecule has 3 rings (SSSR count). The summed E-state index contributed by atoms with van der Waals surface area (Å²) in [7, 11) is 0. The van der Waals surface area contributed by atoms with Gasteiger partial charge < -0.3 is 10.3 Å². The van der Waals surface area contributed by atoms with Gasteiger partial charge in [0.25, 0.3) is 5.89 Å². The maximum atomic E-state index is 13.3. The minimum atomic E-state index is -0.392. The molecular formula is C14H8BrClFN3O. The second kappa shape index (κ2) is 5.46. The lowest BCUT2D eigenvalue weighted by molar-refractivity contribution is 0.432. The first-order valence-corrected chi connectivity index (χ1v) is 7.07. The fraction of sp³-hybridized carbons (Fsp3) is 0. The van der Waals surface area contributed by atoms with Gasteiger partial charge in [0, 0.05) is 15.7 Å². The largest absolute Gasteiger partial charge is 0.398 e. The molecule has 0 fully saturated rings. The fourth-order valence-corrected chi connectivity index (χ4v) is 2.56. The zero-order chi connectivity index (χ0) is 15.0. The molecule has 0 saturated carbocycles. The van der Waals surface area contributed by atoms with Crippen molar-refractivity contribution in [3.05, 3.63) is 51.7 Å². The number of aromatic nitrogens is 2. The summed E-state index contributed by atoms with van der Waals surface area (Å²) in [6.07, 6.45) is 0. The van der Waals surface area contributed by atoms with Gasteiger partial charge in [-0.3, -0.25) is 0 Å². The van der Waals surface area contributed by atoms with Gasteiger partial charge in [0.1, 0.15) is 5.82 Å². The third-order valence-corrected chi connectivity index (χ3v) is 3.86. The fourth-order valence-electron chi connectivity index (χ4n) is 1.87. The molecule has 21 heavy (non-hydrogen) atoms. The molecule has 7 heteroatoms. The highest BCUT2D eigenvalue weighted by molar-refractivity contribution is 9.10. The van der Waals surface area contributed by atoms with Crippen LogP contribution >= 0.6 is 27.5 Å². The smallest absolute Gasteiger partial charge is 0.261 e. The van der Waals surface area contributed by atoms with Crippen molar-refractivity contribution < 1.29 is 8.91 Å². The van der Waals surface area contributed by atoms with E-state index in [0.717, 1.165) is 0 Å². The quantitative estimate of drug-likeness (QED) is 0.674. The van der Waals surface area contributed by atoms with Gasteiger partial charge in [0.15, 0.2) is 0 Å². The van der Waals surface area contributed by atoms with Crippen molar-refractivity contribution in [2.75, 3.05) is 5.73 Å². The highest BCUT2D eigenvalue weighted by Crippen LogP contribution is 2.34. The first kappa shape index (κ1) is 14.0. The molecule has 4 nitrogen and oxygen atoms in total. The van der Waals surface area contributed by atoms with Crippen LogP contribution in [0.4, 0.5) is 10.1 Å². The average Bonchev–Trinajstić information content (AvgIpc) is 2.90. The summed E-state index contributed by atoms with van der Waals surface area (Å²) in [6.45, 7) is 0. The Hall–Kier alpha value is -1.92. The van der Waals surface area contributed by atoms with Gasteiger partial charge in [-0.1, -0.05) is 38.8 Å². The number of halogens is 3. The molecule has 0 amide bonds. The summed E-state index contributed by atoms with van der Waals surface area (Å²) >= 11 is 9.42. The van der Waals surface area contributed by atoms with Gasteiger partial charge in [0.05, 0.1) is 10.6 Å². The Morgan fingerprint density at radius 3 is 2.81 bits per heavy atom. The molecule has 3 aromatic rings. The van der Waals surface area contributed by atoms with Crippen LogP contribution in [-0.2, 0) is 0 Å². The van der Waals surface area contributed by atoms with Crippen molar-refractivity contribution in [3.8, 4) is 22.8 Å². The first-order chi connectivity index (χ1) is 10.1. The van der Waals surface area contributed by atoms with Crippen molar-refractivity contribution in [1.82, 2.24) is 10.1 Å². The predicted octanol–water partition coefficient (Wildman–Crippen LogP) is 4.54. The molecule has 2 N–H and O–H groups in total. The van der Waals surface area contributed by atoms with Gasteiger partial charge in [-0.25, -0.2) is 4.39 Å². The molecule has 1 heterocycles. The maximum absolute atomic E-state index is 13.3. The van der Waals surface area contributed by atoms with Crippen LogP contribution in [0.15, 0.2) is 45.4 Å². The van der Waals surface area contributed by atoms with E-state index in [1.165, 1.54) is 12.1 Å². The van der Waals surface area contributed by atoms with Gasteiger partial charge in [-0.05, 0) is 30.3 Å². The summed E-state index contributed by atoms with van der Waals surface area (Å²) in [6, 6.07) is 9.31. The minimum absolute atomic E-state index is 0.185. The standard InChI is InChI=1S/C14H8BrClFN3O/c15-9-5-4-7(17)6-8(9)13-19-14(21-20-13)12-10(16)2-1-3-11(12)18/h1-6H,18H2. The van der Waals surface area contributed by atoms with Crippen LogP contribution in [0.3, 0.4) is 0 Å². The molecule has 0 radical (unpaired) electrons. The lowest BCUT2D eigenvalue weighted by Crippen LogP contribution is -1.91. The highest BCUT2D eigenvalue weighted by atomic mass is 79.9. The summed E-state index contributed by atoms with van der Waals surface area (Å²) in [4.78, 5) is 4.24. The monoisotopic (exact) mass is 367 g/mol. The summed E-state index contributed by atoms with van der Waals surface area (Å²) in [5.41, 5.74) is 7.25. The maximum Gasteiger partial charge on any atom is 0.261 e. The van der Waals surface area contributed by atoms with Crippen molar-refractivity contribution >= 4 is 33.2 Å². The van der Waals surface area contributed by atoms with E-state index in [4.69, 9.17) is 21.9 Å². The number of nitrogens with two attached hydrogens (primary N) is 1. The molecule has 1 aromatic heterocycles. The van der Waals surface area contributed by atoms with E-state index in [0.29, 0.717) is 26.3 Å². The number of nitrogens with zero attached hydrogens (tertiary/aromatic N) is 2. The van der Waals surface area contributed by atoms with E-state index in [-0.39, 0.29) is 11.7 Å². The summed E-state index contributed by atoms with van der Waals surface area (Å²) in [5, 5.41) is 4.26. The zero-order valence-corrected chi connectivity index (χ0v) is 12.8. The molecule has 106 valence electrons. The van der Waals surface area contributed by atoms with Gasteiger partial charge in [-0.2, -0.15) is 4.98 Å². The summed E-state index contributed by atoms with van der Waals surface area (Å²) < 4.78 is 19.2. The molecule has 0 saturated heterocycles. The molecule has 0 spiro atoms. The SMILES string of the molecule is Nc1cccc(Cl)c1-c1nc(-c2cc(F)ccc2Br)no1. The Bertz CT molecular complexity index is 801. The molecule has 0 aliphatic carbocycles. The Morgan fingerprint density at radius 2 is 2.05 bits per heavy atom. The van der Waals surface area contributed by atoms with E-state index in [9.17, 15) is 4.39 Å². The molecule has 0 aliphatic heterocycles. The number of rotatable bonds is 2. The third kappa shape index (κ3) is 2.64. The normalized spacial score (nSPS) is 10.8. The second-order valence-corrected chi connectivity index (χ2v) is 5.51. The Balaban J connectivity index is 2.10. The van der Waals surface area contributed by atoms with Crippen LogP contribution in [0.5, 0.6) is 0 Å². The number of anilines is 1. The Labute approximate surface area is 132 Å². The van der Waals surface area contributed by atoms with Crippen molar-refractivity contribution in [2.24, 2.45) is 0 Å². The first-order valence-electron chi connectivity index (χ1n) is 5.90. The van der Waals surface area contributed by atoms with Crippen LogP contribution in [0.1, 0.15) is 0 Å². The van der Waals surface area contributed by atoms with E-state index < -0.39 is 5.82 Å². The van der Waals surface area contributed by atoms with Crippen LogP contribution in [0.25, 0.3) is 22.8 Å². The third-order valence-electron chi connectivity index (χ3n) is 2.86. The number of hydrogen-bond acceptors (Lipinski definition) is 4. The van der Waals surface area contributed by atoms with Crippen molar-refractivity contribution in [1.29, 1.82) is 0 Å². The predicted molar refractivity (Wildman–Crippen MR) is 82.3 cm³/mol. The molecule has 0 bridgehead atoms. The van der Waals surface area contributed by atoms with Crippen molar-refractivity contribution in [2.45, 2.75) is 0 Å². The lowest BCUT2D eigenvalue weighted by Gasteiger charge is -2.02. The topological polar surface area (TPSA) is 64.9 Å². The minimum Gasteiger partial charge on any atom is -0.398 e. The lowest BCUT2D eigenvalue weighted by atomic mass is 10.1. The van der Waals surface area contributed by atoms with Gasteiger partial charge in [-0.15, -0.1) is 0 Å². The van der Waals surface area contributed by atoms with Crippen molar-refractivity contribution in [3.63, 3.8) is 0 Å². The molecule has 0 unspecified atom stereocenters. The van der Waals surface area contributed by atoms with Crippen LogP contribution in [0, 0.1) is 5.82 Å². The molecule has 0 atom stereocenters. The number of nitrogen functional groups attached to an aromatic ring is 1. The van der Waals surface area contributed by atoms with Gasteiger partial charge >= 0.3 is 0 Å². The Morgan fingerprint density at radius 1 is 1.24 bits per heavy atom. The average molecular weight is 369 g/mol. The van der Waals surface area contributed by atoms with E-state index in [1.807, 2.05) is 0 Å². The van der Waals surface area contributed by atoms with E-state index >= 15 is 0 Å². The summed E-state index contributed by atoms with van der Waals surface area (Å²) in [5.74, 6) is 0.0387. The molecular weight excluding hydrogens is 361 g/mol. The molecule has 0 aliphatic rings. The van der Waals surface area contributed by atoms with Gasteiger partial charge in [0.2, 0.25) is 5.82 Å². The zero-order valence-electron chi connectivity index (χ0n) is 10.5.